The summed E-state index contributed by atoms with van der Waals surface area (Å²) in [5, 5.41) is 7.33. The van der Waals surface area contributed by atoms with Crippen LogP contribution in [0.5, 0.6) is 0 Å². The Hall–Kier alpha value is -3.24. The minimum atomic E-state index is -3.80. The average Bonchev–Trinajstić information content (AvgIpc) is 3.14. The van der Waals surface area contributed by atoms with Crippen molar-refractivity contribution < 1.29 is 18.0 Å². The van der Waals surface area contributed by atoms with Gasteiger partial charge in [-0.2, -0.15) is 0 Å². The van der Waals surface area contributed by atoms with Crippen molar-refractivity contribution in [2.24, 2.45) is 0 Å². The molecular weight excluding hydrogens is 424 g/mol. The normalized spacial score (nSPS) is 11.0. The fraction of sp³-hybridized carbons (Fsp3) is 0.150. The molecule has 0 unspecified atom stereocenters. The van der Waals surface area contributed by atoms with E-state index in [1.807, 2.05) is 24.3 Å². The predicted octanol–water partition coefficient (Wildman–Crippen LogP) is 3.21. The van der Waals surface area contributed by atoms with Gasteiger partial charge in [-0.3, -0.25) is 14.3 Å². The Morgan fingerprint density at radius 2 is 1.63 bits per heavy atom. The minimum Gasteiger partial charge on any atom is -0.352 e. The van der Waals surface area contributed by atoms with Crippen LogP contribution in [-0.2, 0) is 26.2 Å². The maximum atomic E-state index is 12.6. The van der Waals surface area contributed by atoms with Gasteiger partial charge in [0.05, 0.1) is 10.6 Å². The number of nitrogens with one attached hydrogen (secondary N) is 3. The second kappa shape index (κ2) is 9.06. The van der Waals surface area contributed by atoms with Gasteiger partial charge in [0.2, 0.25) is 11.8 Å². The summed E-state index contributed by atoms with van der Waals surface area (Å²) in [6, 6.07) is 13.4. The SMILES string of the molecule is CC(=O)NCc1ccc(-c2csc(NS(=O)(=O)c3ccc(NC(C)=O)cc3)n2)cc1. The van der Waals surface area contributed by atoms with Gasteiger partial charge in [-0.15, -0.1) is 11.3 Å². The van der Waals surface area contributed by atoms with Gasteiger partial charge in [0.25, 0.3) is 10.0 Å². The van der Waals surface area contributed by atoms with E-state index in [-0.39, 0.29) is 21.8 Å². The Morgan fingerprint density at radius 1 is 0.967 bits per heavy atom. The van der Waals surface area contributed by atoms with Crippen molar-refractivity contribution in [1.82, 2.24) is 10.3 Å². The molecule has 2 amide bonds. The zero-order valence-corrected chi connectivity index (χ0v) is 17.9. The third-order valence-corrected chi connectivity index (χ3v) is 6.24. The van der Waals surface area contributed by atoms with Gasteiger partial charge in [-0.25, -0.2) is 13.4 Å². The number of nitrogens with zero attached hydrogens (tertiary/aromatic N) is 1. The Bertz CT molecular complexity index is 1150. The molecular formula is C20H20N4O4S2. The molecule has 0 fully saturated rings. The first-order valence-electron chi connectivity index (χ1n) is 8.93. The highest BCUT2D eigenvalue weighted by Crippen LogP contribution is 2.27. The van der Waals surface area contributed by atoms with Gasteiger partial charge in [-0.05, 0) is 29.8 Å². The number of sulfonamides is 1. The van der Waals surface area contributed by atoms with Crippen LogP contribution in [0.2, 0.25) is 0 Å². The molecule has 0 saturated carbocycles. The molecule has 0 radical (unpaired) electrons. The van der Waals surface area contributed by atoms with Crippen molar-refractivity contribution >= 4 is 44.0 Å². The molecule has 0 aliphatic heterocycles. The molecule has 3 aromatic rings. The van der Waals surface area contributed by atoms with Crippen LogP contribution < -0.4 is 15.4 Å². The minimum absolute atomic E-state index is 0.0654. The second-order valence-corrected chi connectivity index (χ2v) is 9.00. The molecule has 1 aromatic heterocycles. The maximum absolute atomic E-state index is 12.6. The molecule has 30 heavy (non-hydrogen) atoms. The standard InChI is InChI=1S/C20H20N4O4S2/c1-13(25)21-11-15-3-5-16(6-4-15)19-12-29-20(23-19)24-30(27,28)18-9-7-17(8-10-18)22-14(2)26/h3-10,12H,11H2,1-2H3,(H,21,25)(H,22,26)(H,23,24). The second-order valence-electron chi connectivity index (χ2n) is 6.46. The highest BCUT2D eigenvalue weighted by atomic mass is 32.2. The summed E-state index contributed by atoms with van der Waals surface area (Å²) in [4.78, 5) is 26.5. The van der Waals surface area contributed by atoms with Crippen molar-refractivity contribution in [3.05, 3.63) is 59.5 Å². The van der Waals surface area contributed by atoms with E-state index in [9.17, 15) is 18.0 Å². The van der Waals surface area contributed by atoms with E-state index >= 15 is 0 Å². The summed E-state index contributed by atoms with van der Waals surface area (Å²) in [7, 11) is -3.80. The van der Waals surface area contributed by atoms with Gasteiger partial charge in [0.1, 0.15) is 0 Å². The number of hydrogen-bond donors (Lipinski definition) is 3. The van der Waals surface area contributed by atoms with E-state index in [1.165, 1.54) is 49.4 Å². The number of rotatable bonds is 7. The molecule has 0 aliphatic carbocycles. The lowest BCUT2D eigenvalue weighted by molar-refractivity contribution is -0.119. The van der Waals surface area contributed by atoms with Gasteiger partial charge < -0.3 is 10.6 Å². The zero-order valence-electron chi connectivity index (χ0n) is 16.3. The van der Waals surface area contributed by atoms with Crippen LogP contribution >= 0.6 is 11.3 Å². The average molecular weight is 445 g/mol. The molecule has 156 valence electrons. The zero-order chi connectivity index (χ0) is 21.7. The molecule has 3 rings (SSSR count). The summed E-state index contributed by atoms with van der Waals surface area (Å²) >= 11 is 1.18. The van der Waals surface area contributed by atoms with Crippen LogP contribution in [0.4, 0.5) is 10.8 Å². The van der Waals surface area contributed by atoms with Crippen LogP contribution in [0.25, 0.3) is 11.3 Å². The third-order valence-electron chi connectivity index (χ3n) is 4.00. The van der Waals surface area contributed by atoms with E-state index in [1.54, 1.807) is 5.38 Å². The smallest absolute Gasteiger partial charge is 0.263 e. The van der Waals surface area contributed by atoms with Crippen molar-refractivity contribution in [3.63, 3.8) is 0 Å². The maximum Gasteiger partial charge on any atom is 0.263 e. The first-order chi connectivity index (χ1) is 14.2. The molecule has 2 aromatic carbocycles. The predicted molar refractivity (Wildman–Crippen MR) is 117 cm³/mol. The van der Waals surface area contributed by atoms with Crippen molar-refractivity contribution in [3.8, 4) is 11.3 Å². The lowest BCUT2D eigenvalue weighted by atomic mass is 10.1. The topological polar surface area (TPSA) is 117 Å². The van der Waals surface area contributed by atoms with Crippen molar-refractivity contribution in [1.29, 1.82) is 0 Å². The molecule has 10 heteroatoms. The van der Waals surface area contributed by atoms with Crippen molar-refractivity contribution in [2.45, 2.75) is 25.3 Å². The Kier molecular flexibility index (Phi) is 6.48. The summed E-state index contributed by atoms with van der Waals surface area (Å²) in [5.41, 5.74) is 2.94. The number of benzene rings is 2. The summed E-state index contributed by atoms with van der Waals surface area (Å²) < 4.78 is 27.6. The number of aromatic nitrogens is 1. The van der Waals surface area contributed by atoms with Gasteiger partial charge in [0, 0.05) is 37.0 Å². The fourth-order valence-corrected chi connectivity index (χ4v) is 4.54. The van der Waals surface area contributed by atoms with E-state index in [4.69, 9.17) is 0 Å². The van der Waals surface area contributed by atoms with E-state index in [0.717, 1.165) is 11.1 Å². The van der Waals surface area contributed by atoms with E-state index in [0.29, 0.717) is 17.9 Å². The van der Waals surface area contributed by atoms with Gasteiger partial charge in [0.15, 0.2) is 5.13 Å². The number of anilines is 2. The van der Waals surface area contributed by atoms with E-state index in [2.05, 4.69) is 20.3 Å². The molecule has 0 spiro atoms. The van der Waals surface area contributed by atoms with Crippen LogP contribution in [0.15, 0.2) is 58.8 Å². The Labute approximate surface area is 178 Å². The van der Waals surface area contributed by atoms with Crippen LogP contribution in [-0.4, -0.2) is 25.2 Å². The van der Waals surface area contributed by atoms with Crippen LogP contribution in [0.3, 0.4) is 0 Å². The summed E-state index contributed by atoms with van der Waals surface area (Å²) in [5.74, 6) is -0.331. The molecule has 3 N–H and O–H groups in total. The lowest BCUT2D eigenvalue weighted by Crippen LogP contribution is -2.18. The van der Waals surface area contributed by atoms with E-state index < -0.39 is 10.0 Å². The summed E-state index contributed by atoms with van der Waals surface area (Å²) in [6.45, 7) is 3.28. The Balaban J connectivity index is 1.70. The number of amides is 2. The summed E-state index contributed by atoms with van der Waals surface area (Å²) in [6.07, 6.45) is 0. The first-order valence-corrected chi connectivity index (χ1v) is 11.3. The monoisotopic (exact) mass is 444 g/mol. The lowest BCUT2D eigenvalue weighted by Gasteiger charge is -2.07. The highest BCUT2D eigenvalue weighted by Gasteiger charge is 2.16. The van der Waals surface area contributed by atoms with Crippen molar-refractivity contribution in [2.75, 3.05) is 10.0 Å². The number of carbonyl (C=O) groups is 2. The third kappa shape index (κ3) is 5.65. The molecule has 0 atom stereocenters. The van der Waals surface area contributed by atoms with Gasteiger partial charge >= 0.3 is 0 Å². The molecule has 0 aliphatic rings. The number of thiazole rings is 1. The first kappa shape index (κ1) is 21.5. The van der Waals surface area contributed by atoms with Gasteiger partial charge in [-0.1, -0.05) is 24.3 Å². The molecule has 0 saturated heterocycles. The number of carbonyl (C=O) groups excluding carboxylic acids is 2. The van der Waals surface area contributed by atoms with Crippen LogP contribution in [0, 0.1) is 0 Å². The molecule has 0 bridgehead atoms. The number of hydrogen-bond acceptors (Lipinski definition) is 6. The largest absolute Gasteiger partial charge is 0.352 e. The van der Waals surface area contributed by atoms with Crippen LogP contribution in [0.1, 0.15) is 19.4 Å². The fourth-order valence-electron chi connectivity index (χ4n) is 2.57. The molecule has 8 nitrogen and oxygen atoms in total. The highest BCUT2D eigenvalue weighted by molar-refractivity contribution is 7.93. The quantitative estimate of drug-likeness (QED) is 0.517. The Morgan fingerprint density at radius 3 is 2.23 bits per heavy atom. The molecule has 1 heterocycles.